The third-order valence-corrected chi connectivity index (χ3v) is 4.80. The number of rotatable bonds is 7. The van der Waals surface area contributed by atoms with E-state index in [1.165, 1.54) is 5.56 Å². The SMILES string of the molecule is Cc1cc(-c2ccc(OCCCn3ccnc3)cc2)nc2cc(CO)ccc12. The van der Waals surface area contributed by atoms with E-state index in [-0.39, 0.29) is 6.61 Å². The first kappa shape index (κ1) is 18.2. The van der Waals surface area contributed by atoms with Crippen LogP contribution in [0.1, 0.15) is 17.5 Å². The van der Waals surface area contributed by atoms with Crippen molar-refractivity contribution in [2.24, 2.45) is 0 Å². The van der Waals surface area contributed by atoms with Gasteiger partial charge in [-0.3, -0.25) is 0 Å². The van der Waals surface area contributed by atoms with Crippen LogP contribution < -0.4 is 4.74 Å². The lowest BCUT2D eigenvalue weighted by Crippen LogP contribution is -2.03. The van der Waals surface area contributed by atoms with Crippen molar-refractivity contribution in [2.45, 2.75) is 26.5 Å². The van der Waals surface area contributed by atoms with Crippen LogP contribution in [0.25, 0.3) is 22.2 Å². The molecule has 0 unspecified atom stereocenters. The van der Waals surface area contributed by atoms with E-state index in [2.05, 4.69) is 18.0 Å². The molecule has 2 aromatic heterocycles. The third-order valence-electron chi connectivity index (χ3n) is 4.80. The number of hydrogen-bond acceptors (Lipinski definition) is 4. The molecule has 2 aromatic carbocycles. The molecule has 0 atom stereocenters. The lowest BCUT2D eigenvalue weighted by atomic mass is 10.0. The first-order valence-corrected chi connectivity index (χ1v) is 9.43. The van der Waals surface area contributed by atoms with Gasteiger partial charge in [-0.05, 0) is 60.9 Å². The molecule has 4 rings (SSSR count). The monoisotopic (exact) mass is 373 g/mol. The zero-order valence-electron chi connectivity index (χ0n) is 15.9. The maximum atomic E-state index is 9.38. The first-order valence-electron chi connectivity index (χ1n) is 9.43. The Morgan fingerprint density at radius 2 is 1.93 bits per heavy atom. The highest BCUT2D eigenvalue weighted by atomic mass is 16.5. The summed E-state index contributed by atoms with van der Waals surface area (Å²) in [6, 6.07) is 16.0. The molecule has 142 valence electrons. The molecule has 0 fully saturated rings. The van der Waals surface area contributed by atoms with E-state index in [0.29, 0.717) is 6.61 Å². The van der Waals surface area contributed by atoms with Crippen LogP contribution in [0.15, 0.2) is 67.3 Å². The summed E-state index contributed by atoms with van der Waals surface area (Å²) in [5.41, 5.74) is 4.92. The molecule has 28 heavy (non-hydrogen) atoms. The Hall–Kier alpha value is -3.18. The lowest BCUT2D eigenvalue weighted by molar-refractivity contribution is 0.282. The fraction of sp³-hybridized carbons (Fsp3) is 0.217. The molecule has 0 radical (unpaired) electrons. The fourth-order valence-electron chi connectivity index (χ4n) is 3.27. The van der Waals surface area contributed by atoms with E-state index in [0.717, 1.165) is 46.4 Å². The van der Waals surface area contributed by atoms with Crippen LogP contribution in [0, 0.1) is 6.92 Å². The van der Waals surface area contributed by atoms with E-state index in [1.54, 1.807) is 6.20 Å². The predicted molar refractivity (Wildman–Crippen MR) is 110 cm³/mol. The molecule has 0 bridgehead atoms. The Morgan fingerprint density at radius 3 is 2.68 bits per heavy atom. The lowest BCUT2D eigenvalue weighted by Gasteiger charge is -2.10. The molecule has 1 N–H and O–H groups in total. The average molecular weight is 373 g/mol. The molecule has 4 aromatic rings. The Kier molecular flexibility index (Phi) is 5.35. The molecule has 0 spiro atoms. The van der Waals surface area contributed by atoms with Crippen molar-refractivity contribution in [3.63, 3.8) is 0 Å². The second-order valence-corrected chi connectivity index (χ2v) is 6.86. The predicted octanol–water partition coefficient (Wildman–Crippen LogP) is 4.37. The van der Waals surface area contributed by atoms with Crippen molar-refractivity contribution < 1.29 is 9.84 Å². The van der Waals surface area contributed by atoms with Crippen molar-refractivity contribution in [1.82, 2.24) is 14.5 Å². The standard InChI is InChI=1S/C23H23N3O2/c1-17-13-22(25-23-14-18(15-27)3-8-21(17)23)19-4-6-20(7-5-19)28-12-2-10-26-11-9-24-16-26/h3-9,11,13-14,16,27H,2,10,12,15H2,1H3. The van der Waals surface area contributed by atoms with Crippen molar-refractivity contribution in [3.8, 4) is 17.0 Å². The topological polar surface area (TPSA) is 60.2 Å². The highest BCUT2D eigenvalue weighted by molar-refractivity contribution is 5.85. The number of imidazole rings is 1. The van der Waals surface area contributed by atoms with Crippen molar-refractivity contribution in [1.29, 1.82) is 0 Å². The maximum absolute atomic E-state index is 9.38. The van der Waals surface area contributed by atoms with Crippen molar-refractivity contribution in [3.05, 3.63) is 78.4 Å². The van der Waals surface area contributed by atoms with E-state index in [9.17, 15) is 5.11 Å². The molecule has 0 aliphatic heterocycles. The van der Waals surface area contributed by atoms with Gasteiger partial charge in [0, 0.05) is 29.9 Å². The van der Waals surface area contributed by atoms with Gasteiger partial charge >= 0.3 is 0 Å². The molecule has 5 nitrogen and oxygen atoms in total. The highest BCUT2D eigenvalue weighted by Crippen LogP contribution is 2.26. The van der Waals surface area contributed by atoms with Gasteiger partial charge in [0.15, 0.2) is 0 Å². The van der Waals surface area contributed by atoms with Gasteiger partial charge in [-0.15, -0.1) is 0 Å². The minimum atomic E-state index is 0.0216. The molecular formula is C23H23N3O2. The molecule has 2 heterocycles. The van der Waals surface area contributed by atoms with Crippen molar-refractivity contribution >= 4 is 10.9 Å². The Labute approximate surface area is 164 Å². The van der Waals surface area contributed by atoms with Crippen LogP contribution in [0.5, 0.6) is 5.75 Å². The van der Waals surface area contributed by atoms with Gasteiger partial charge in [0.2, 0.25) is 0 Å². The van der Waals surface area contributed by atoms with Gasteiger partial charge in [0.05, 0.1) is 30.8 Å². The van der Waals surface area contributed by atoms with Crippen LogP contribution >= 0.6 is 0 Å². The van der Waals surface area contributed by atoms with Gasteiger partial charge in [0.1, 0.15) is 5.75 Å². The molecule has 0 saturated heterocycles. The summed E-state index contributed by atoms with van der Waals surface area (Å²) in [7, 11) is 0. The van der Waals surface area contributed by atoms with Crippen LogP contribution in [0.3, 0.4) is 0 Å². The number of hydrogen-bond donors (Lipinski definition) is 1. The summed E-state index contributed by atoms with van der Waals surface area (Å²) >= 11 is 0. The largest absolute Gasteiger partial charge is 0.494 e. The Bertz CT molecular complexity index is 1060. The molecular weight excluding hydrogens is 350 g/mol. The number of aryl methyl sites for hydroxylation is 2. The maximum Gasteiger partial charge on any atom is 0.119 e. The van der Waals surface area contributed by atoms with E-state index in [1.807, 2.05) is 59.6 Å². The van der Waals surface area contributed by atoms with Crippen LogP contribution in [0.4, 0.5) is 0 Å². The third kappa shape index (κ3) is 4.05. The number of aliphatic hydroxyl groups is 1. The summed E-state index contributed by atoms with van der Waals surface area (Å²) in [6.45, 7) is 3.67. The minimum Gasteiger partial charge on any atom is -0.494 e. The molecule has 0 aliphatic rings. The van der Waals surface area contributed by atoms with Gasteiger partial charge in [-0.1, -0.05) is 12.1 Å². The van der Waals surface area contributed by atoms with E-state index < -0.39 is 0 Å². The van der Waals surface area contributed by atoms with Gasteiger partial charge in [-0.2, -0.15) is 0 Å². The Balaban J connectivity index is 1.45. The fourth-order valence-corrected chi connectivity index (χ4v) is 3.27. The number of pyridine rings is 1. The van der Waals surface area contributed by atoms with Crippen LogP contribution in [-0.2, 0) is 13.2 Å². The number of benzene rings is 2. The van der Waals surface area contributed by atoms with Crippen LogP contribution in [-0.4, -0.2) is 26.2 Å². The minimum absolute atomic E-state index is 0.0216. The number of fused-ring (bicyclic) bond motifs is 1. The quantitative estimate of drug-likeness (QED) is 0.489. The van der Waals surface area contributed by atoms with Gasteiger partial charge in [-0.25, -0.2) is 9.97 Å². The summed E-state index contributed by atoms with van der Waals surface area (Å²) in [6.07, 6.45) is 6.48. The molecule has 5 heteroatoms. The number of nitrogens with zero attached hydrogens (tertiary/aromatic N) is 3. The van der Waals surface area contributed by atoms with Crippen LogP contribution in [0.2, 0.25) is 0 Å². The molecule has 0 aliphatic carbocycles. The zero-order valence-corrected chi connectivity index (χ0v) is 15.9. The van der Waals surface area contributed by atoms with E-state index >= 15 is 0 Å². The summed E-state index contributed by atoms with van der Waals surface area (Å²) in [4.78, 5) is 8.82. The molecule has 0 amide bonds. The van der Waals surface area contributed by atoms with Gasteiger partial charge < -0.3 is 14.4 Å². The zero-order chi connectivity index (χ0) is 19.3. The van der Waals surface area contributed by atoms with Gasteiger partial charge in [0.25, 0.3) is 0 Å². The highest BCUT2D eigenvalue weighted by Gasteiger charge is 2.06. The number of ether oxygens (including phenoxy) is 1. The first-order chi connectivity index (χ1) is 13.7. The smallest absolute Gasteiger partial charge is 0.119 e. The summed E-state index contributed by atoms with van der Waals surface area (Å²) < 4.78 is 7.88. The van der Waals surface area contributed by atoms with Crippen molar-refractivity contribution in [2.75, 3.05) is 6.61 Å². The second kappa shape index (κ2) is 8.23. The average Bonchev–Trinajstić information content (AvgIpc) is 3.24. The number of aromatic nitrogens is 3. The Morgan fingerprint density at radius 1 is 1.07 bits per heavy atom. The normalized spacial score (nSPS) is 11.1. The number of aliphatic hydroxyl groups excluding tert-OH is 1. The summed E-state index contributed by atoms with van der Waals surface area (Å²) in [5, 5.41) is 10.5. The van der Waals surface area contributed by atoms with E-state index in [4.69, 9.17) is 9.72 Å². The molecule has 0 saturated carbocycles. The summed E-state index contributed by atoms with van der Waals surface area (Å²) in [5.74, 6) is 0.856. The second-order valence-electron chi connectivity index (χ2n) is 6.86.